The number of hydrogen-bond acceptors (Lipinski definition) is 3. The van der Waals surface area contributed by atoms with Gasteiger partial charge in [-0.1, -0.05) is 13.3 Å². The fraction of sp³-hybridized carbons (Fsp3) is 0.500. The maximum atomic E-state index is 5.75. The van der Waals surface area contributed by atoms with Gasteiger partial charge >= 0.3 is 0 Å². The number of rotatable bonds is 4. The molecule has 0 saturated heterocycles. The van der Waals surface area contributed by atoms with E-state index < -0.39 is 0 Å². The van der Waals surface area contributed by atoms with Crippen LogP contribution in [0.5, 0.6) is 5.88 Å². The van der Waals surface area contributed by atoms with Gasteiger partial charge in [0.05, 0.1) is 11.8 Å². The Labute approximate surface area is 92.8 Å². The van der Waals surface area contributed by atoms with Crippen molar-refractivity contribution in [3.63, 3.8) is 0 Å². The average molecular weight is 259 g/mol. The third-order valence-electron chi connectivity index (χ3n) is 1.85. The molecule has 1 aromatic heterocycles. The Balaban J connectivity index is 2.67. The molecular formula is C10H15BrN2O. The number of hydrogen-bond donors (Lipinski definition) is 1. The van der Waals surface area contributed by atoms with Crippen LogP contribution in [0, 0.1) is 0 Å². The Kier molecular flexibility index (Phi) is 4.20. The molecule has 4 heteroatoms. The number of aromatic nitrogens is 1. The van der Waals surface area contributed by atoms with E-state index >= 15 is 0 Å². The summed E-state index contributed by atoms with van der Waals surface area (Å²) in [5, 5.41) is 0. The molecule has 0 aromatic carbocycles. The molecular weight excluding hydrogens is 244 g/mol. The van der Waals surface area contributed by atoms with E-state index in [1.807, 2.05) is 6.92 Å². The van der Waals surface area contributed by atoms with Crippen LogP contribution >= 0.6 is 15.9 Å². The van der Waals surface area contributed by atoms with Crippen LogP contribution in [-0.4, -0.2) is 11.1 Å². The molecule has 1 heterocycles. The lowest BCUT2D eigenvalue weighted by atomic mass is 10.2. The van der Waals surface area contributed by atoms with Crippen molar-refractivity contribution in [1.29, 1.82) is 0 Å². The van der Waals surface area contributed by atoms with Gasteiger partial charge in [-0.2, -0.15) is 0 Å². The molecule has 0 fully saturated rings. The molecule has 0 saturated carbocycles. The van der Waals surface area contributed by atoms with E-state index in [4.69, 9.17) is 10.5 Å². The predicted molar refractivity (Wildman–Crippen MR) is 61.3 cm³/mol. The van der Waals surface area contributed by atoms with Gasteiger partial charge in [0.2, 0.25) is 5.88 Å². The number of anilines is 1. The Bertz CT molecular complexity index is 304. The van der Waals surface area contributed by atoms with Gasteiger partial charge in [0.15, 0.2) is 0 Å². The molecule has 1 aromatic rings. The number of nitrogens with two attached hydrogens (primary N) is 1. The van der Waals surface area contributed by atoms with Gasteiger partial charge < -0.3 is 10.5 Å². The average Bonchev–Trinajstić information content (AvgIpc) is 2.10. The van der Waals surface area contributed by atoms with Crippen LogP contribution in [0.25, 0.3) is 0 Å². The van der Waals surface area contributed by atoms with E-state index in [9.17, 15) is 0 Å². The zero-order valence-electron chi connectivity index (χ0n) is 8.46. The Morgan fingerprint density at radius 1 is 1.64 bits per heavy atom. The first kappa shape index (κ1) is 11.3. The molecule has 14 heavy (non-hydrogen) atoms. The van der Waals surface area contributed by atoms with Gasteiger partial charge in [0, 0.05) is 10.7 Å². The topological polar surface area (TPSA) is 48.1 Å². The summed E-state index contributed by atoms with van der Waals surface area (Å²) in [6.07, 6.45) is 3.95. The van der Waals surface area contributed by atoms with Gasteiger partial charge in [-0.3, -0.25) is 0 Å². The van der Waals surface area contributed by atoms with Crippen LogP contribution < -0.4 is 10.5 Å². The SMILES string of the molecule is CCCC(C)Oc1ncc(Br)cc1N. The molecule has 1 rings (SSSR count). The van der Waals surface area contributed by atoms with Crippen molar-refractivity contribution in [3.8, 4) is 5.88 Å². The molecule has 1 atom stereocenters. The summed E-state index contributed by atoms with van der Waals surface area (Å²) < 4.78 is 6.45. The lowest BCUT2D eigenvalue weighted by molar-refractivity contribution is 0.203. The summed E-state index contributed by atoms with van der Waals surface area (Å²) in [5.41, 5.74) is 6.32. The fourth-order valence-electron chi connectivity index (χ4n) is 1.20. The van der Waals surface area contributed by atoms with Crippen molar-refractivity contribution in [3.05, 3.63) is 16.7 Å². The first-order valence-corrected chi connectivity index (χ1v) is 5.50. The van der Waals surface area contributed by atoms with Crippen molar-refractivity contribution in [1.82, 2.24) is 4.98 Å². The largest absolute Gasteiger partial charge is 0.473 e. The van der Waals surface area contributed by atoms with E-state index in [1.54, 1.807) is 12.3 Å². The van der Waals surface area contributed by atoms with Gasteiger partial charge in [-0.15, -0.1) is 0 Å². The van der Waals surface area contributed by atoms with Crippen molar-refractivity contribution in [2.45, 2.75) is 32.8 Å². The van der Waals surface area contributed by atoms with E-state index in [0.29, 0.717) is 11.6 Å². The molecule has 3 nitrogen and oxygen atoms in total. The van der Waals surface area contributed by atoms with Crippen LogP contribution in [0.15, 0.2) is 16.7 Å². The van der Waals surface area contributed by atoms with E-state index in [1.165, 1.54) is 0 Å². The molecule has 0 bridgehead atoms. The minimum atomic E-state index is 0.163. The fourth-order valence-corrected chi connectivity index (χ4v) is 1.55. The summed E-state index contributed by atoms with van der Waals surface area (Å²) in [7, 11) is 0. The Hall–Kier alpha value is -0.770. The van der Waals surface area contributed by atoms with Crippen molar-refractivity contribution in [2.75, 3.05) is 5.73 Å². The monoisotopic (exact) mass is 258 g/mol. The normalized spacial score (nSPS) is 12.5. The van der Waals surface area contributed by atoms with E-state index in [2.05, 4.69) is 27.8 Å². The van der Waals surface area contributed by atoms with Crippen molar-refractivity contribution in [2.24, 2.45) is 0 Å². The van der Waals surface area contributed by atoms with Gasteiger partial charge in [-0.25, -0.2) is 4.98 Å². The maximum absolute atomic E-state index is 5.75. The molecule has 78 valence electrons. The lowest BCUT2D eigenvalue weighted by Gasteiger charge is -2.14. The first-order valence-electron chi connectivity index (χ1n) is 4.71. The summed E-state index contributed by atoms with van der Waals surface area (Å²) in [6.45, 7) is 4.14. The standard InChI is InChI=1S/C10H15BrN2O/c1-3-4-7(2)14-10-9(12)5-8(11)6-13-10/h5-7H,3-4,12H2,1-2H3. The molecule has 0 aliphatic carbocycles. The highest BCUT2D eigenvalue weighted by molar-refractivity contribution is 9.10. The van der Waals surface area contributed by atoms with Gasteiger partial charge in [-0.05, 0) is 35.3 Å². The molecule has 1 unspecified atom stereocenters. The number of nitrogens with zero attached hydrogens (tertiary/aromatic N) is 1. The highest BCUT2D eigenvalue weighted by atomic mass is 79.9. The smallest absolute Gasteiger partial charge is 0.237 e. The molecule has 0 aliphatic rings. The highest BCUT2D eigenvalue weighted by Gasteiger charge is 2.07. The Morgan fingerprint density at radius 3 is 2.93 bits per heavy atom. The minimum Gasteiger partial charge on any atom is -0.473 e. The van der Waals surface area contributed by atoms with E-state index in [0.717, 1.165) is 17.3 Å². The minimum absolute atomic E-state index is 0.163. The molecule has 2 N–H and O–H groups in total. The third kappa shape index (κ3) is 3.18. The number of nitrogen functional groups attached to an aromatic ring is 1. The summed E-state index contributed by atoms with van der Waals surface area (Å²) in [4.78, 5) is 4.11. The van der Waals surface area contributed by atoms with Crippen LogP contribution in [0.3, 0.4) is 0 Å². The third-order valence-corrected chi connectivity index (χ3v) is 2.29. The predicted octanol–water partition coefficient (Wildman–Crippen LogP) is 2.99. The highest BCUT2D eigenvalue weighted by Crippen LogP contribution is 2.23. The summed E-state index contributed by atoms with van der Waals surface area (Å²) in [5.74, 6) is 0.522. The Morgan fingerprint density at radius 2 is 2.36 bits per heavy atom. The van der Waals surface area contributed by atoms with Crippen LogP contribution in [0.4, 0.5) is 5.69 Å². The second-order valence-corrected chi connectivity index (χ2v) is 4.18. The van der Waals surface area contributed by atoms with E-state index in [-0.39, 0.29) is 6.10 Å². The van der Waals surface area contributed by atoms with Crippen LogP contribution in [0.2, 0.25) is 0 Å². The molecule has 0 spiro atoms. The first-order chi connectivity index (χ1) is 6.63. The second kappa shape index (κ2) is 5.20. The zero-order chi connectivity index (χ0) is 10.6. The number of pyridine rings is 1. The second-order valence-electron chi connectivity index (χ2n) is 3.27. The summed E-state index contributed by atoms with van der Waals surface area (Å²) >= 11 is 3.30. The van der Waals surface area contributed by atoms with Crippen LogP contribution in [0.1, 0.15) is 26.7 Å². The summed E-state index contributed by atoms with van der Waals surface area (Å²) in [6, 6.07) is 1.79. The molecule has 0 aliphatic heterocycles. The van der Waals surface area contributed by atoms with Crippen LogP contribution in [-0.2, 0) is 0 Å². The quantitative estimate of drug-likeness (QED) is 0.904. The molecule has 0 radical (unpaired) electrons. The number of ether oxygens (including phenoxy) is 1. The lowest BCUT2D eigenvalue weighted by Crippen LogP contribution is -2.13. The van der Waals surface area contributed by atoms with Gasteiger partial charge in [0.25, 0.3) is 0 Å². The maximum Gasteiger partial charge on any atom is 0.237 e. The van der Waals surface area contributed by atoms with Crippen molar-refractivity contribution < 1.29 is 4.74 Å². The van der Waals surface area contributed by atoms with Gasteiger partial charge in [0.1, 0.15) is 0 Å². The zero-order valence-corrected chi connectivity index (χ0v) is 10.0. The molecule has 0 amide bonds. The number of halogens is 1. The van der Waals surface area contributed by atoms with Crippen molar-refractivity contribution >= 4 is 21.6 Å².